The zero-order valence-electron chi connectivity index (χ0n) is 16.4. The van der Waals surface area contributed by atoms with E-state index in [4.69, 9.17) is 0 Å². The second-order valence-corrected chi connectivity index (χ2v) is 9.09. The summed E-state index contributed by atoms with van der Waals surface area (Å²) < 4.78 is 27.1. The molecule has 0 aromatic heterocycles. The maximum Gasteiger partial charge on any atom is 0.264 e. The zero-order chi connectivity index (χ0) is 20.6. The van der Waals surface area contributed by atoms with Gasteiger partial charge < -0.3 is 4.90 Å². The number of carbonyl (C=O) groups excluding carboxylic acids is 1. The molecule has 0 unspecified atom stereocenters. The number of hydrogen-bond acceptors (Lipinski definition) is 3. The monoisotopic (exact) mass is 406 g/mol. The molecule has 0 atom stereocenters. The molecular formula is C23H22N2O3S. The fourth-order valence-corrected chi connectivity index (χ4v) is 4.91. The predicted octanol–water partition coefficient (Wildman–Crippen LogP) is 4.02. The first-order valence-electron chi connectivity index (χ1n) is 9.44. The van der Waals surface area contributed by atoms with Gasteiger partial charge in [-0.25, -0.2) is 8.42 Å². The highest BCUT2D eigenvalue weighted by atomic mass is 32.2. The van der Waals surface area contributed by atoms with E-state index in [0.29, 0.717) is 17.8 Å². The highest BCUT2D eigenvalue weighted by Gasteiger charge is 2.27. The molecule has 0 N–H and O–H groups in total. The standard InChI is InChI=1S/C23H22N2O3S/c1-17-7-6-8-18-15-16-25(22(17)18)23(26)19-11-13-21(14-12-19)29(27,28)24(2)20-9-4-3-5-10-20/h3-14H,15-16H2,1-2H3. The number of hydrogen-bond donors (Lipinski definition) is 0. The SMILES string of the molecule is Cc1cccc2c1N(C(=O)c1ccc(S(=O)(=O)N(C)c3ccccc3)cc1)CC2. The molecule has 6 heteroatoms. The van der Waals surface area contributed by atoms with Gasteiger partial charge in [0.05, 0.1) is 16.3 Å². The van der Waals surface area contributed by atoms with Crippen LogP contribution in [0.3, 0.4) is 0 Å². The molecule has 0 fully saturated rings. The van der Waals surface area contributed by atoms with E-state index in [0.717, 1.165) is 17.7 Å². The van der Waals surface area contributed by atoms with Crippen LogP contribution in [0.2, 0.25) is 0 Å². The van der Waals surface area contributed by atoms with E-state index in [2.05, 4.69) is 0 Å². The lowest BCUT2D eigenvalue weighted by atomic mass is 10.1. The normalized spacial score (nSPS) is 13.2. The van der Waals surface area contributed by atoms with Gasteiger partial charge in [-0.05, 0) is 60.9 Å². The van der Waals surface area contributed by atoms with Crippen LogP contribution in [0.15, 0.2) is 77.7 Å². The van der Waals surface area contributed by atoms with Gasteiger partial charge in [0.15, 0.2) is 0 Å². The first-order valence-corrected chi connectivity index (χ1v) is 10.9. The maximum atomic E-state index is 13.0. The molecule has 5 nitrogen and oxygen atoms in total. The van der Waals surface area contributed by atoms with Crippen molar-refractivity contribution in [2.75, 3.05) is 22.8 Å². The van der Waals surface area contributed by atoms with Gasteiger partial charge in [-0.3, -0.25) is 9.10 Å². The molecule has 3 aromatic rings. The van der Waals surface area contributed by atoms with Gasteiger partial charge in [0.25, 0.3) is 15.9 Å². The summed E-state index contributed by atoms with van der Waals surface area (Å²) in [4.78, 5) is 15.0. The van der Waals surface area contributed by atoms with Crippen LogP contribution in [0.25, 0.3) is 0 Å². The Morgan fingerprint density at radius 1 is 0.931 bits per heavy atom. The molecule has 1 heterocycles. The third kappa shape index (κ3) is 3.40. The second-order valence-electron chi connectivity index (χ2n) is 7.12. The molecule has 1 aliphatic heterocycles. The lowest BCUT2D eigenvalue weighted by Gasteiger charge is -2.21. The molecule has 1 aliphatic rings. The van der Waals surface area contributed by atoms with Gasteiger partial charge in [0.2, 0.25) is 0 Å². The van der Waals surface area contributed by atoms with Crippen molar-refractivity contribution in [3.63, 3.8) is 0 Å². The molecule has 3 aromatic carbocycles. The summed E-state index contributed by atoms with van der Waals surface area (Å²) in [6.07, 6.45) is 0.830. The Morgan fingerprint density at radius 3 is 2.31 bits per heavy atom. The smallest absolute Gasteiger partial charge is 0.264 e. The third-order valence-corrected chi connectivity index (χ3v) is 7.12. The van der Waals surface area contributed by atoms with E-state index >= 15 is 0 Å². The zero-order valence-corrected chi connectivity index (χ0v) is 17.2. The Bertz CT molecular complexity index is 1160. The van der Waals surface area contributed by atoms with Crippen molar-refractivity contribution in [2.45, 2.75) is 18.2 Å². The summed E-state index contributed by atoms with van der Waals surface area (Å²) in [5, 5.41) is 0. The average Bonchev–Trinajstić information content (AvgIpc) is 3.19. The minimum atomic E-state index is -3.70. The van der Waals surface area contributed by atoms with E-state index in [-0.39, 0.29) is 10.8 Å². The van der Waals surface area contributed by atoms with Crippen LogP contribution < -0.4 is 9.21 Å². The van der Waals surface area contributed by atoms with Gasteiger partial charge in [0.1, 0.15) is 0 Å². The van der Waals surface area contributed by atoms with Gasteiger partial charge in [-0.1, -0.05) is 36.4 Å². The Labute approximate surface area is 171 Å². The molecule has 0 saturated carbocycles. The van der Waals surface area contributed by atoms with Crippen molar-refractivity contribution in [2.24, 2.45) is 0 Å². The molecule has 0 spiro atoms. The fourth-order valence-electron chi connectivity index (χ4n) is 3.71. The number of para-hydroxylation sites is 2. The molecular weight excluding hydrogens is 384 g/mol. The molecule has 0 bridgehead atoms. The summed E-state index contributed by atoms with van der Waals surface area (Å²) >= 11 is 0. The van der Waals surface area contributed by atoms with Crippen LogP contribution in [-0.2, 0) is 16.4 Å². The van der Waals surface area contributed by atoms with Crippen molar-refractivity contribution in [1.82, 2.24) is 0 Å². The Morgan fingerprint density at radius 2 is 1.62 bits per heavy atom. The number of nitrogens with zero attached hydrogens (tertiary/aromatic N) is 2. The number of rotatable bonds is 4. The first-order chi connectivity index (χ1) is 13.9. The van der Waals surface area contributed by atoms with E-state index in [1.54, 1.807) is 41.3 Å². The van der Waals surface area contributed by atoms with Gasteiger partial charge in [0, 0.05) is 19.2 Å². The largest absolute Gasteiger partial charge is 0.307 e. The fraction of sp³-hybridized carbons (Fsp3) is 0.174. The minimum Gasteiger partial charge on any atom is -0.307 e. The molecule has 148 valence electrons. The van der Waals surface area contributed by atoms with Gasteiger partial charge in [-0.2, -0.15) is 0 Å². The van der Waals surface area contributed by atoms with Gasteiger partial charge in [-0.15, -0.1) is 0 Å². The summed E-state index contributed by atoms with van der Waals surface area (Å²) in [7, 11) is -2.18. The molecule has 0 radical (unpaired) electrons. The number of aryl methyl sites for hydroxylation is 1. The molecule has 4 rings (SSSR count). The van der Waals surface area contributed by atoms with Crippen LogP contribution in [0, 0.1) is 6.92 Å². The van der Waals surface area contributed by atoms with Crippen LogP contribution >= 0.6 is 0 Å². The Hall–Kier alpha value is -3.12. The number of sulfonamides is 1. The molecule has 29 heavy (non-hydrogen) atoms. The van der Waals surface area contributed by atoms with Crippen LogP contribution in [-0.4, -0.2) is 27.9 Å². The van der Waals surface area contributed by atoms with Crippen molar-refractivity contribution < 1.29 is 13.2 Å². The van der Waals surface area contributed by atoms with Gasteiger partial charge >= 0.3 is 0 Å². The third-order valence-electron chi connectivity index (χ3n) is 5.32. The molecule has 0 saturated heterocycles. The van der Waals surface area contributed by atoms with E-state index < -0.39 is 10.0 Å². The second kappa shape index (κ2) is 7.37. The maximum absolute atomic E-state index is 13.0. The summed E-state index contributed by atoms with van der Waals surface area (Å²) in [5.74, 6) is -0.113. The number of anilines is 2. The Balaban J connectivity index is 1.60. The molecule has 1 amide bonds. The first kappa shape index (κ1) is 19.2. The number of carbonyl (C=O) groups is 1. The number of fused-ring (bicyclic) bond motifs is 1. The van der Waals surface area contributed by atoms with Crippen LogP contribution in [0.4, 0.5) is 11.4 Å². The number of benzene rings is 3. The lowest BCUT2D eigenvalue weighted by Crippen LogP contribution is -2.29. The summed E-state index contributed by atoms with van der Waals surface area (Å²) in [5.41, 5.74) is 4.26. The average molecular weight is 407 g/mol. The lowest BCUT2D eigenvalue weighted by molar-refractivity contribution is 0.0989. The topological polar surface area (TPSA) is 57.7 Å². The predicted molar refractivity (Wildman–Crippen MR) is 115 cm³/mol. The Kier molecular flexibility index (Phi) is 4.88. The van der Waals surface area contributed by atoms with Crippen molar-refractivity contribution >= 4 is 27.3 Å². The van der Waals surface area contributed by atoms with Crippen LogP contribution in [0.5, 0.6) is 0 Å². The van der Waals surface area contributed by atoms with E-state index in [1.165, 1.54) is 29.0 Å². The van der Waals surface area contributed by atoms with Crippen molar-refractivity contribution in [1.29, 1.82) is 0 Å². The van der Waals surface area contributed by atoms with Crippen LogP contribution in [0.1, 0.15) is 21.5 Å². The van der Waals surface area contributed by atoms with E-state index in [9.17, 15) is 13.2 Å². The van der Waals surface area contributed by atoms with Crippen molar-refractivity contribution in [3.05, 3.63) is 89.5 Å². The highest BCUT2D eigenvalue weighted by Crippen LogP contribution is 2.32. The minimum absolute atomic E-state index is 0.113. The summed E-state index contributed by atoms with van der Waals surface area (Å²) in [6, 6.07) is 21.1. The molecule has 0 aliphatic carbocycles. The van der Waals surface area contributed by atoms with E-state index in [1.807, 2.05) is 31.2 Å². The quantitative estimate of drug-likeness (QED) is 0.657. The summed E-state index contributed by atoms with van der Waals surface area (Å²) in [6.45, 7) is 2.63. The highest BCUT2D eigenvalue weighted by molar-refractivity contribution is 7.92. The van der Waals surface area contributed by atoms with Crippen molar-refractivity contribution in [3.8, 4) is 0 Å². The number of amides is 1.